The first-order chi connectivity index (χ1) is 20.5. The van der Waals surface area contributed by atoms with Crippen LogP contribution in [0.2, 0.25) is 0 Å². The number of amides is 2. The molecule has 6 nitrogen and oxygen atoms in total. The highest BCUT2D eigenvalue weighted by Gasteiger charge is 2.36. The first-order valence-corrected chi connectivity index (χ1v) is 14.2. The molecule has 1 N–H and O–H groups in total. The zero-order chi connectivity index (χ0) is 29.5. The molecule has 4 aromatic carbocycles. The first-order valence-electron chi connectivity index (χ1n) is 14.2. The standard InChI is InChI=1S/C36H34N2O4/c1-3-42-36(41)33-25(2)38(32(39)23-31(33)27-15-7-4-8-16-27)24-26-14-13-21-30(22-26)35(40)37-34(28-17-9-5-10-18-28)29-19-11-6-12-20-29/h4-22,31,34H,3,23-24H2,1-2H3,(H,37,40). The molecule has 1 heterocycles. The molecule has 0 radical (unpaired) electrons. The van der Waals surface area contributed by atoms with Crippen molar-refractivity contribution >= 4 is 17.8 Å². The first kappa shape index (κ1) is 28.6. The number of benzene rings is 4. The van der Waals surface area contributed by atoms with E-state index in [1.54, 1.807) is 30.9 Å². The number of ether oxygens (including phenoxy) is 1. The van der Waals surface area contributed by atoms with Gasteiger partial charge >= 0.3 is 5.97 Å². The Bertz CT molecular complexity index is 1540. The number of hydrogen-bond acceptors (Lipinski definition) is 4. The Labute approximate surface area is 246 Å². The predicted octanol–water partition coefficient (Wildman–Crippen LogP) is 6.56. The minimum Gasteiger partial charge on any atom is -0.463 e. The highest BCUT2D eigenvalue weighted by Crippen LogP contribution is 2.37. The average Bonchev–Trinajstić information content (AvgIpc) is 3.03. The molecule has 0 fully saturated rings. The van der Waals surface area contributed by atoms with Gasteiger partial charge in [0.2, 0.25) is 5.91 Å². The SMILES string of the molecule is CCOC(=O)C1=C(C)N(Cc2cccc(C(=O)NC(c3ccccc3)c3ccccc3)c2)C(=O)CC1c1ccccc1. The molecule has 6 heteroatoms. The summed E-state index contributed by atoms with van der Waals surface area (Å²) in [6.45, 7) is 4.04. The van der Waals surface area contributed by atoms with Gasteiger partial charge in [-0.3, -0.25) is 9.59 Å². The molecule has 1 aliphatic rings. The van der Waals surface area contributed by atoms with Gasteiger partial charge in [-0.05, 0) is 48.2 Å². The van der Waals surface area contributed by atoms with Crippen molar-refractivity contribution in [2.24, 2.45) is 0 Å². The van der Waals surface area contributed by atoms with Crippen LogP contribution in [0.25, 0.3) is 0 Å². The van der Waals surface area contributed by atoms with E-state index in [2.05, 4.69) is 5.32 Å². The maximum atomic E-state index is 13.5. The number of esters is 1. The lowest BCUT2D eigenvalue weighted by Gasteiger charge is -2.34. The fourth-order valence-electron chi connectivity index (χ4n) is 5.50. The molecule has 2 amide bonds. The summed E-state index contributed by atoms with van der Waals surface area (Å²) in [6, 6.07) is 36.2. The second-order valence-corrected chi connectivity index (χ2v) is 10.3. The fraction of sp³-hybridized carbons (Fsp3) is 0.194. The van der Waals surface area contributed by atoms with Crippen LogP contribution in [0.3, 0.4) is 0 Å². The van der Waals surface area contributed by atoms with Crippen LogP contribution in [-0.2, 0) is 20.9 Å². The Morgan fingerprint density at radius 2 is 1.45 bits per heavy atom. The Balaban J connectivity index is 1.41. The van der Waals surface area contributed by atoms with Crippen LogP contribution in [-0.4, -0.2) is 29.3 Å². The van der Waals surface area contributed by atoms with Crippen LogP contribution in [0.1, 0.15) is 64.8 Å². The van der Waals surface area contributed by atoms with Crippen LogP contribution in [0.5, 0.6) is 0 Å². The Morgan fingerprint density at radius 1 is 0.857 bits per heavy atom. The van der Waals surface area contributed by atoms with Crippen LogP contribution < -0.4 is 5.32 Å². The van der Waals surface area contributed by atoms with E-state index in [0.717, 1.165) is 22.3 Å². The van der Waals surface area contributed by atoms with Crippen molar-refractivity contribution in [1.29, 1.82) is 0 Å². The molecule has 0 spiro atoms. The quantitative estimate of drug-likeness (QED) is 0.236. The summed E-state index contributed by atoms with van der Waals surface area (Å²) in [4.78, 5) is 41.7. The lowest BCUT2D eigenvalue weighted by Crippen LogP contribution is -2.38. The summed E-state index contributed by atoms with van der Waals surface area (Å²) >= 11 is 0. The maximum Gasteiger partial charge on any atom is 0.336 e. The van der Waals surface area contributed by atoms with E-state index in [4.69, 9.17) is 4.74 Å². The number of carbonyl (C=O) groups is 3. The number of hydrogen-bond donors (Lipinski definition) is 1. The molecule has 0 saturated heterocycles. The van der Waals surface area contributed by atoms with Crippen molar-refractivity contribution in [3.63, 3.8) is 0 Å². The molecule has 212 valence electrons. The minimum absolute atomic E-state index is 0.0857. The molecule has 1 aliphatic heterocycles. The van der Waals surface area contributed by atoms with Crippen LogP contribution >= 0.6 is 0 Å². The van der Waals surface area contributed by atoms with Gasteiger partial charge < -0.3 is 15.0 Å². The topological polar surface area (TPSA) is 75.7 Å². The van der Waals surface area contributed by atoms with Gasteiger partial charge in [-0.1, -0.05) is 103 Å². The molecule has 42 heavy (non-hydrogen) atoms. The molecular weight excluding hydrogens is 524 g/mol. The molecule has 0 bridgehead atoms. The van der Waals surface area contributed by atoms with Gasteiger partial charge in [0.1, 0.15) is 0 Å². The number of allylic oxidation sites excluding steroid dienone is 1. The fourth-order valence-corrected chi connectivity index (χ4v) is 5.50. The van der Waals surface area contributed by atoms with Gasteiger partial charge in [-0.15, -0.1) is 0 Å². The Hall–Kier alpha value is -4.97. The van der Waals surface area contributed by atoms with E-state index in [1.807, 2.05) is 103 Å². The van der Waals surface area contributed by atoms with Gasteiger partial charge in [0.05, 0.1) is 24.8 Å². The molecule has 0 saturated carbocycles. The van der Waals surface area contributed by atoms with Crippen LogP contribution in [0.4, 0.5) is 0 Å². The Morgan fingerprint density at radius 3 is 2.05 bits per heavy atom. The van der Waals surface area contributed by atoms with E-state index in [-0.39, 0.29) is 43.3 Å². The van der Waals surface area contributed by atoms with Crippen molar-refractivity contribution < 1.29 is 19.1 Å². The number of carbonyl (C=O) groups excluding carboxylic acids is 3. The highest BCUT2D eigenvalue weighted by atomic mass is 16.5. The summed E-state index contributed by atoms with van der Waals surface area (Å²) in [5, 5.41) is 3.18. The van der Waals surface area contributed by atoms with Gasteiger partial charge in [0.15, 0.2) is 0 Å². The molecular formula is C36H34N2O4. The van der Waals surface area contributed by atoms with E-state index in [1.165, 1.54) is 0 Å². The van der Waals surface area contributed by atoms with Gasteiger partial charge in [-0.25, -0.2) is 4.79 Å². The van der Waals surface area contributed by atoms with Gasteiger partial charge in [0, 0.05) is 23.6 Å². The van der Waals surface area contributed by atoms with E-state index in [9.17, 15) is 14.4 Å². The Kier molecular flexibility index (Phi) is 8.93. The van der Waals surface area contributed by atoms with Crippen LogP contribution in [0, 0.1) is 0 Å². The molecule has 1 atom stereocenters. The molecule has 5 rings (SSSR count). The summed E-state index contributed by atoms with van der Waals surface area (Å²) in [5.74, 6) is -1.10. The van der Waals surface area contributed by atoms with Crippen molar-refractivity contribution in [2.45, 2.75) is 38.8 Å². The largest absolute Gasteiger partial charge is 0.463 e. The number of rotatable bonds is 9. The maximum absolute atomic E-state index is 13.5. The minimum atomic E-state index is -0.414. The van der Waals surface area contributed by atoms with Crippen LogP contribution in [0.15, 0.2) is 127 Å². The highest BCUT2D eigenvalue weighted by molar-refractivity contribution is 5.96. The third-order valence-corrected chi connectivity index (χ3v) is 7.59. The van der Waals surface area contributed by atoms with E-state index in [0.29, 0.717) is 16.8 Å². The van der Waals surface area contributed by atoms with Gasteiger partial charge in [0.25, 0.3) is 5.91 Å². The smallest absolute Gasteiger partial charge is 0.336 e. The van der Waals surface area contributed by atoms with Crippen molar-refractivity contribution in [3.8, 4) is 0 Å². The zero-order valence-corrected chi connectivity index (χ0v) is 23.8. The monoisotopic (exact) mass is 558 g/mol. The van der Waals surface area contributed by atoms with E-state index >= 15 is 0 Å². The summed E-state index contributed by atoms with van der Waals surface area (Å²) < 4.78 is 5.41. The third kappa shape index (κ3) is 6.33. The van der Waals surface area contributed by atoms with Crippen molar-refractivity contribution in [1.82, 2.24) is 10.2 Å². The molecule has 0 aromatic heterocycles. The predicted molar refractivity (Wildman–Crippen MR) is 162 cm³/mol. The normalized spacial score (nSPS) is 15.1. The van der Waals surface area contributed by atoms with Crippen molar-refractivity contribution in [3.05, 3.63) is 154 Å². The number of nitrogens with zero attached hydrogens (tertiary/aromatic N) is 1. The zero-order valence-electron chi connectivity index (χ0n) is 23.8. The van der Waals surface area contributed by atoms with Gasteiger partial charge in [-0.2, -0.15) is 0 Å². The summed E-state index contributed by atoms with van der Waals surface area (Å²) in [7, 11) is 0. The molecule has 4 aromatic rings. The second-order valence-electron chi connectivity index (χ2n) is 10.3. The second kappa shape index (κ2) is 13.1. The van der Waals surface area contributed by atoms with Crippen molar-refractivity contribution in [2.75, 3.05) is 6.61 Å². The average molecular weight is 559 g/mol. The number of nitrogens with one attached hydrogen (secondary N) is 1. The van der Waals surface area contributed by atoms with E-state index < -0.39 is 5.97 Å². The third-order valence-electron chi connectivity index (χ3n) is 7.59. The lowest BCUT2D eigenvalue weighted by molar-refractivity contribution is -0.140. The summed E-state index contributed by atoms with van der Waals surface area (Å²) in [5.41, 5.74) is 5.19. The lowest BCUT2D eigenvalue weighted by atomic mass is 9.83. The molecule has 0 aliphatic carbocycles. The summed E-state index contributed by atoms with van der Waals surface area (Å²) in [6.07, 6.45) is 0.158. The molecule has 1 unspecified atom stereocenters.